The van der Waals surface area contributed by atoms with Crippen LogP contribution in [0.25, 0.3) is 11.3 Å². The predicted molar refractivity (Wildman–Crippen MR) is 108 cm³/mol. The van der Waals surface area contributed by atoms with Crippen molar-refractivity contribution in [3.05, 3.63) is 71.5 Å². The van der Waals surface area contributed by atoms with Gasteiger partial charge >= 0.3 is 5.97 Å². The van der Waals surface area contributed by atoms with Gasteiger partial charge in [0.25, 0.3) is 0 Å². The SMILES string of the molecule is O=C(Cc1ccc2c(c1)OCCO2)N/N=C/c1ccc(-c2ccc(C(=O)O)cc2)o1. The molecule has 0 saturated carbocycles. The minimum Gasteiger partial charge on any atom is -0.486 e. The summed E-state index contributed by atoms with van der Waals surface area (Å²) >= 11 is 0. The first kappa shape index (κ1) is 19.3. The maximum atomic E-state index is 12.1. The van der Waals surface area contributed by atoms with Gasteiger partial charge in [0.05, 0.1) is 18.2 Å². The van der Waals surface area contributed by atoms with E-state index in [0.29, 0.717) is 36.2 Å². The summed E-state index contributed by atoms with van der Waals surface area (Å²) in [5.41, 5.74) is 4.19. The van der Waals surface area contributed by atoms with Crippen molar-refractivity contribution >= 4 is 18.1 Å². The fraction of sp³-hybridized carbons (Fsp3) is 0.136. The number of carbonyl (C=O) groups excluding carboxylic acids is 1. The molecule has 0 atom stereocenters. The lowest BCUT2D eigenvalue weighted by Gasteiger charge is -2.18. The Morgan fingerprint density at radius 2 is 1.77 bits per heavy atom. The zero-order valence-electron chi connectivity index (χ0n) is 15.8. The minimum absolute atomic E-state index is 0.146. The molecule has 8 nitrogen and oxygen atoms in total. The van der Waals surface area contributed by atoms with E-state index in [1.165, 1.54) is 18.3 Å². The number of carboxylic acid groups (broad SMARTS) is 1. The molecule has 30 heavy (non-hydrogen) atoms. The third-order valence-corrected chi connectivity index (χ3v) is 4.40. The first-order chi connectivity index (χ1) is 14.6. The lowest BCUT2D eigenvalue weighted by molar-refractivity contribution is -0.120. The van der Waals surface area contributed by atoms with Gasteiger partial charge in [0.2, 0.25) is 5.91 Å². The fourth-order valence-corrected chi connectivity index (χ4v) is 2.94. The van der Waals surface area contributed by atoms with Crippen LogP contribution in [-0.4, -0.2) is 36.4 Å². The summed E-state index contributed by atoms with van der Waals surface area (Å²) in [5.74, 6) is 1.06. The third kappa shape index (κ3) is 4.49. The van der Waals surface area contributed by atoms with Crippen LogP contribution in [0.2, 0.25) is 0 Å². The van der Waals surface area contributed by atoms with E-state index in [4.69, 9.17) is 19.0 Å². The summed E-state index contributed by atoms with van der Waals surface area (Å²) in [4.78, 5) is 23.0. The Hall–Kier alpha value is -4.07. The number of ether oxygens (including phenoxy) is 2. The summed E-state index contributed by atoms with van der Waals surface area (Å²) in [5, 5.41) is 12.9. The largest absolute Gasteiger partial charge is 0.486 e. The molecule has 2 N–H and O–H groups in total. The molecule has 1 amide bonds. The molecule has 1 aliphatic heterocycles. The summed E-state index contributed by atoms with van der Waals surface area (Å²) in [7, 11) is 0. The summed E-state index contributed by atoms with van der Waals surface area (Å²) in [6, 6.07) is 15.2. The normalized spacial score (nSPS) is 12.7. The van der Waals surface area contributed by atoms with Crippen molar-refractivity contribution in [1.29, 1.82) is 0 Å². The molecule has 152 valence electrons. The number of rotatable bonds is 6. The molecule has 0 radical (unpaired) electrons. The lowest BCUT2D eigenvalue weighted by atomic mass is 10.1. The van der Waals surface area contributed by atoms with Gasteiger partial charge in [-0.1, -0.05) is 18.2 Å². The van der Waals surface area contributed by atoms with Gasteiger partial charge in [-0.3, -0.25) is 4.79 Å². The molecular weight excluding hydrogens is 388 g/mol. The summed E-state index contributed by atoms with van der Waals surface area (Å²) < 4.78 is 16.6. The smallest absolute Gasteiger partial charge is 0.335 e. The van der Waals surface area contributed by atoms with Gasteiger partial charge < -0.3 is 19.0 Å². The van der Waals surface area contributed by atoms with Crippen molar-refractivity contribution in [3.8, 4) is 22.8 Å². The highest BCUT2D eigenvalue weighted by Gasteiger charge is 2.13. The Balaban J connectivity index is 1.33. The zero-order chi connectivity index (χ0) is 20.9. The van der Waals surface area contributed by atoms with E-state index in [0.717, 1.165) is 11.1 Å². The van der Waals surface area contributed by atoms with Crippen LogP contribution in [0.4, 0.5) is 0 Å². The first-order valence-corrected chi connectivity index (χ1v) is 9.22. The number of hydrogen-bond donors (Lipinski definition) is 2. The molecule has 0 spiro atoms. The van der Waals surface area contributed by atoms with Crippen molar-refractivity contribution in [3.63, 3.8) is 0 Å². The van der Waals surface area contributed by atoms with Crippen LogP contribution in [0.3, 0.4) is 0 Å². The second-order valence-electron chi connectivity index (χ2n) is 6.53. The predicted octanol–water partition coefficient (Wildman–Crippen LogP) is 3.11. The Bertz CT molecular complexity index is 1100. The van der Waals surface area contributed by atoms with Gasteiger partial charge in [-0.05, 0) is 42.0 Å². The average Bonchev–Trinajstić information content (AvgIpc) is 3.22. The van der Waals surface area contributed by atoms with E-state index in [2.05, 4.69) is 10.5 Å². The molecule has 1 aromatic heterocycles. The number of aromatic carboxylic acids is 1. The zero-order valence-corrected chi connectivity index (χ0v) is 15.8. The standard InChI is InChI=1S/C22H18N2O6/c25-21(12-14-1-7-19-20(11-14)29-10-9-28-19)24-23-13-17-6-8-18(30-17)15-2-4-16(5-3-15)22(26)27/h1-8,11,13H,9-10,12H2,(H,24,25)(H,26,27)/b23-13+. The van der Waals surface area contributed by atoms with Crippen molar-refractivity contribution in [1.82, 2.24) is 5.43 Å². The number of hydrazone groups is 1. The van der Waals surface area contributed by atoms with Crippen LogP contribution in [0.5, 0.6) is 11.5 Å². The second-order valence-corrected chi connectivity index (χ2v) is 6.53. The Morgan fingerprint density at radius 3 is 2.53 bits per heavy atom. The van der Waals surface area contributed by atoms with Gasteiger partial charge in [-0.2, -0.15) is 5.10 Å². The number of nitrogens with one attached hydrogen (secondary N) is 1. The molecule has 8 heteroatoms. The molecule has 3 aromatic rings. The van der Waals surface area contributed by atoms with Crippen LogP contribution in [0.15, 0.2) is 64.1 Å². The molecule has 4 rings (SSSR count). The molecule has 0 fully saturated rings. The number of hydrogen-bond acceptors (Lipinski definition) is 6. The van der Waals surface area contributed by atoms with E-state index in [-0.39, 0.29) is 17.9 Å². The van der Waals surface area contributed by atoms with E-state index < -0.39 is 5.97 Å². The van der Waals surface area contributed by atoms with Crippen LogP contribution in [0.1, 0.15) is 21.7 Å². The minimum atomic E-state index is -0.985. The molecule has 0 unspecified atom stereocenters. The lowest BCUT2D eigenvalue weighted by Crippen LogP contribution is -2.20. The number of nitrogens with zero attached hydrogens (tertiary/aromatic N) is 1. The topological polar surface area (TPSA) is 110 Å². The summed E-state index contributed by atoms with van der Waals surface area (Å²) in [6.07, 6.45) is 1.55. The highest BCUT2D eigenvalue weighted by molar-refractivity contribution is 5.88. The Labute approximate surface area is 171 Å². The quantitative estimate of drug-likeness (QED) is 0.481. The maximum absolute atomic E-state index is 12.1. The molecule has 2 heterocycles. The summed E-state index contributed by atoms with van der Waals surface area (Å²) in [6.45, 7) is 1.01. The first-order valence-electron chi connectivity index (χ1n) is 9.22. The highest BCUT2D eigenvalue weighted by Crippen LogP contribution is 2.30. The van der Waals surface area contributed by atoms with Crippen LogP contribution >= 0.6 is 0 Å². The van der Waals surface area contributed by atoms with E-state index in [1.54, 1.807) is 36.4 Å². The van der Waals surface area contributed by atoms with Gasteiger partial charge in [0.1, 0.15) is 24.7 Å². The molecule has 0 saturated heterocycles. The van der Waals surface area contributed by atoms with Crippen molar-refractivity contribution in [2.75, 3.05) is 13.2 Å². The van der Waals surface area contributed by atoms with E-state index in [9.17, 15) is 9.59 Å². The number of benzene rings is 2. The molecule has 0 aliphatic carbocycles. The molecule has 0 bridgehead atoms. The Kier molecular flexibility index (Phi) is 5.47. The van der Waals surface area contributed by atoms with Crippen molar-refractivity contribution < 1.29 is 28.6 Å². The number of carboxylic acids is 1. The number of amides is 1. The number of furan rings is 1. The van der Waals surface area contributed by atoms with Crippen molar-refractivity contribution in [2.24, 2.45) is 5.10 Å². The molecular formula is C22H18N2O6. The van der Waals surface area contributed by atoms with Gasteiger partial charge in [0.15, 0.2) is 11.5 Å². The Morgan fingerprint density at radius 1 is 1.00 bits per heavy atom. The monoisotopic (exact) mass is 406 g/mol. The van der Waals surface area contributed by atoms with E-state index >= 15 is 0 Å². The second kappa shape index (κ2) is 8.52. The molecule has 1 aliphatic rings. The van der Waals surface area contributed by atoms with Gasteiger partial charge in [-0.25, -0.2) is 10.2 Å². The van der Waals surface area contributed by atoms with Crippen LogP contribution in [-0.2, 0) is 11.2 Å². The highest BCUT2D eigenvalue weighted by atomic mass is 16.6. The fourth-order valence-electron chi connectivity index (χ4n) is 2.94. The third-order valence-electron chi connectivity index (χ3n) is 4.40. The maximum Gasteiger partial charge on any atom is 0.335 e. The number of carbonyl (C=O) groups is 2. The molecule has 2 aromatic carbocycles. The van der Waals surface area contributed by atoms with Crippen LogP contribution < -0.4 is 14.9 Å². The van der Waals surface area contributed by atoms with Crippen molar-refractivity contribution in [2.45, 2.75) is 6.42 Å². The van der Waals surface area contributed by atoms with Gasteiger partial charge in [0, 0.05) is 5.56 Å². The van der Waals surface area contributed by atoms with E-state index in [1.807, 2.05) is 6.07 Å². The van der Waals surface area contributed by atoms with Crippen LogP contribution in [0, 0.1) is 0 Å². The number of fused-ring (bicyclic) bond motifs is 1. The van der Waals surface area contributed by atoms with Gasteiger partial charge in [-0.15, -0.1) is 0 Å². The average molecular weight is 406 g/mol.